The fraction of sp³-hybridized carbons (Fsp3) is 0. The Morgan fingerprint density at radius 1 is 0.362 bits per heavy atom. The summed E-state index contributed by atoms with van der Waals surface area (Å²) in [4.78, 5) is 2.50. The van der Waals surface area contributed by atoms with Gasteiger partial charge in [0.2, 0.25) is 0 Å². The molecule has 0 unspecified atom stereocenters. The lowest BCUT2D eigenvalue weighted by Crippen LogP contribution is -2.59. The number of anilines is 2. The normalized spacial score (nSPS) is 12.6. The van der Waals surface area contributed by atoms with Gasteiger partial charge in [-0.1, -0.05) is 146 Å². The van der Waals surface area contributed by atoms with Gasteiger partial charge in [0.15, 0.2) is 0 Å². The molecule has 9 aromatic carbocycles. The van der Waals surface area contributed by atoms with Crippen LogP contribution in [0.1, 0.15) is 0 Å². The Kier molecular flexibility index (Phi) is 7.33. The molecule has 0 saturated carbocycles. The molecular formula is C54H35BN2O. The highest BCUT2D eigenvalue weighted by atomic mass is 16.5. The average Bonchev–Trinajstić information content (AvgIpc) is 3.64. The van der Waals surface area contributed by atoms with Gasteiger partial charge in [-0.15, -0.1) is 0 Å². The first-order valence-electron chi connectivity index (χ1n) is 20.0. The van der Waals surface area contributed by atoms with Gasteiger partial charge in [-0.25, -0.2) is 0 Å². The maximum absolute atomic E-state index is 7.15. The number of para-hydroxylation sites is 4. The Bertz CT molecular complexity index is 3170. The van der Waals surface area contributed by atoms with Crippen molar-refractivity contribution in [3.63, 3.8) is 0 Å². The lowest BCUT2D eigenvalue weighted by molar-refractivity contribution is 0.487. The van der Waals surface area contributed by atoms with Crippen LogP contribution in [0.25, 0.3) is 72.0 Å². The fourth-order valence-electron chi connectivity index (χ4n) is 9.41. The molecule has 1 aromatic heterocycles. The van der Waals surface area contributed by atoms with Crippen LogP contribution < -0.4 is 20.5 Å². The van der Waals surface area contributed by atoms with Crippen LogP contribution in [0, 0.1) is 0 Å². The summed E-state index contributed by atoms with van der Waals surface area (Å²) in [5, 5.41) is 2.51. The van der Waals surface area contributed by atoms with Crippen molar-refractivity contribution in [1.29, 1.82) is 0 Å². The number of nitrogens with zero attached hydrogens (tertiary/aromatic N) is 2. The van der Waals surface area contributed by atoms with E-state index in [2.05, 4.69) is 222 Å². The molecule has 270 valence electrons. The molecule has 0 saturated heterocycles. The summed E-state index contributed by atoms with van der Waals surface area (Å²) in [6.45, 7) is -0.0891. The van der Waals surface area contributed by atoms with Gasteiger partial charge in [-0.3, -0.25) is 0 Å². The number of fused-ring (bicyclic) bond motifs is 7. The second-order valence-corrected chi connectivity index (χ2v) is 15.3. The zero-order valence-electron chi connectivity index (χ0n) is 31.6. The van der Waals surface area contributed by atoms with Crippen LogP contribution in [0.5, 0.6) is 11.5 Å². The largest absolute Gasteiger partial charge is 0.458 e. The number of rotatable bonds is 5. The van der Waals surface area contributed by atoms with E-state index in [1.165, 1.54) is 55.2 Å². The number of benzene rings is 9. The van der Waals surface area contributed by atoms with Crippen LogP contribution in [-0.4, -0.2) is 11.4 Å². The van der Waals surface area contributed by atoms with Crippen LogP contribution in [0.3, 0.4) is 0 Å². The molecule has 0 amide bonds. The second-order valence-electron chi connectivity index (χ2n) is 15.3. The molecular weight excluding hydrogens is 703 g/mol. The average molecular weight is 739 g/mol. The van der Waals surface area contributed by atoms with E-state index < -0.39 is 0 Å². The Morgan fingerprint density at radius 2 is 0.931 bits per heavy atom. The molecule has 0 radical (unpaired) electrons. The van der Waals surface area contributed by atoms with E-state index in [1.807, 2.05) is 0 Å². The lowest BCUT2D eigenvalue weighted by Gasteiger charge is -2.42. The molecule has 0 aliphatic carbocycles. The third-order valence-electron chi connectivity index (χ3n) is 12.0. The topological polar surface area (TPSA) is 17.4 Å². The first-order chi connectivity index (χ1) is 28.8. The molecule has 2 aliphatic heterocycles. The van der Waals surface area contributed by atoms with Crippen molar-refractivity contribution in [3.8, 4) is 61.7 Å². The van der Waals surface area contributed by atoms with Crippen molar-refractivity contribution in [2.24, 2.45) is 0 Å². The van der Waals surface area contributed by atoms with Crippen molar-refractivity contribution in [1.82, 2.24) is 4.57 Å². The molecule has 0 spiro atoms. The van der Waals surface area contributed by atoms with Crippen molar-refractivity contribution >= 4 is 51.0 Å². The molecule has 3 nitrogen and oxygen atoms in total. The Balaban J connectivity index is 1.03. The van der Waals surface area contributed by atoms with Gasteiger partial charge >= 0.3 is 6.85 Å². The Labute approximate surface area is 337 Å². The summed E-state index contributed by atoms with van der Waals surface area (Å²) in [6, 6.07) is 76.7. The smallest absolute Gasteiger partial charge is 0.336 e. The molecule has 10 aromatic rings. The predicted molar refractivity (Wildman–Crippen MR) is 243 cm³/mol. The van der Waals surface area contributed by atoms with Crippen LogP contribution in [0.2, 0.25) is 0 Å². The Hall–Kier alpha value is -7.56. The van der Waals surface area contributed by atoms with E-state index in [0.717, 1.165) is 50.6 Å². The summed E-state index contributed by atoms with van der Waals surface area (Å²) < 4.78 is 9.53. The summed E-state index contributed by atoms with van der Waals surface area (Å²) in [7, 11) is 0. The molecule has 0 bridgehead atoms. The SMILES string of the molecule is c1ccc(-c2cccc(-c3cc4c5c(c3)-c3ccccc3N(c3ccccc3)B5c3ccc(-c5cccc(-n6c7ccccc7c7ccccc76)c5)cc3O4)c2)cc1. The minimum atomic E-state index is -0.0891. The van der Waals surface area contributed by atoms with Gasteiger partial charge < -0.3 is 14.1 Å². The number of aromatic nitrogens is 1. The monoisotopic (exact) mass is 738 g/mol. The first kappa shape index (κ1) is 32.7. The zero-order chi connectivity index (χ0) is 38.2. The second kappa shape index (κ2) is 13.0. The molecule has 0 fully saturated rings. The minimum absolute atomic E-state index is 0.0891. The molecule has 12 rings (SSSR count). The predicted octanol–water partition coefficient (Wildman–Crippen LogP) is 12.8. The molecule has 58 heavy (non-hydrogen) atoms. The van der Waals surface area contributed by atoms with Crippen LogP contribution in [0.4, 0.5) is 11.4 Å². The zero-order valence-corrected chi connectivity index (χ0v) is 31.6. The third-order valence-corrected chi connectivity index (χ3v) is 12.0. The molecule has 3 heterocycles. The van der Waals surface area contributed by atoms with E-state index in [-0.39, 0.29) is 6.85 Å². The van der Waals surface area contributed by atoms with Gasteiger partial charge in [0.05, 0.1) is 11.0 Å². The van der Waals surface area contributed by atoms with E-state index >= 15 is 0 Å². The highest BCUT2D eigenvalue weighted by Gasteiger charge is 2.43. The van der Waals surface area contributed by atoms with E-state index in [4.69, 9.17) is 4.74 Å². The van der Waals surface area contributed by atoms with Crippen LogP contribution in [-0.2, 0) is 0 Å². The summed E-state index contributed by atoms with van der Waals surface area (Å²) in [5.74, 6) is 1.76. The molecule has 0 N–H and O–H groups in total. The van der Waals surface area contributed by atoms with Crippen LogP contribution in [0.15, 0.2) is 212 Å². The molecule has 2 aliphatic rings. The van der Waals surface area contributed by atoms with Gasteiger partial charge in [-0.2, -0.15) is 0 Å². The van der Waals surface area contributed by atoms with Crippen molar-refractivity contribution in [2.45, 2.75) is 0 Å². The van der Waals surface area contributed by atoms with Crippen LogP contribution >= 0.6 is 0 Å². The number of ether oxygens (including phenoxy) is 1. The number of hydrogen-bond donors (Lipinski definition) is 0. The molecule has 4 heteroatoms. The Morgan fingerprint density at radius 3 is 1.71 bits per heavy atom. The van der Waals surface area contributed by atoms with Gasteiger partial charge in [0.25, 0.3) is 0 Å². The van der Waals surface area contributed by atoms with Gasteiger partial charge in [0.1, 0.15) is 11.5 Å². The molecule has 0 atom stereocenters. The lowest BCUT2D eigenvalue weighted by atomic mass is 9.44. The number of hydrogen-bond acceptors (Lipinski definition) is 2. The summed E-state index contributed by atoms with van der Waals surface area (Å²) in [5.41, 5.74) is 17.5. The minimum Gasteiger partial charge on any atom is -0.458 e. The maximum atomic E-state index is 7.15. The first-order valence-corrected chi connectivity index (χ1v) is 20.0. The van der Waals surface area contributed by atoms with E-state index in [9.17, 15) is 0 Å². The fourth-order valence-corrected chi connectivity index (χ4v) is 9.41. The van der Waals surface area contributed by atoms with E-state index in [0.29, 0.717) is 0 Å². The summed E-state index contributed by atoms with van der Waals surface area (Å²) in [6.07, 6.45) is 0. The van der Waals surface area contributed by atoms with Crippen molar-refractivity contribution in [3.05, 3.63) is 212 Å². The highest BCUT2D eigenvalue weighted by Crippen LogP contribution is 2.46. The van der Waals surface area contributed by atoms with Gasteiger partial charge in [-0.05, 0) is 111 Å². The van der Waals surface area contributed by atoms with E-state index in [1.54, 1.807) is 0 Å². The maximum Gasteiger partial charge on any atom is 0.336 e. The van der Waals surface area contributed by atoms with Crippen molar-refractivity contribution < 1.29 is 4.74 Å². The van der Waals surface area contributed by atoms with Crippen molar-refractivity contribution in [2.75, 3.05) is 4.81 Å². The highest BCUT2D eigenvalue weighted by molar-refractivity contribution is 6.92. The third kappa shape index (κ3) is 5.08. The quantitative estimate of drug-likeness (QED) is 0.164. The standard InChI is InChI=1S/C54H35BN2O/c1-3-15-36(16-4-1)37-17-13-18-38(31-37)41-33-47-46-25-9-12-28-51(46)57(42-20-5-2-6-21-42)55-48-30-29-40(34-52(48)58-53(35-41)54(47)55)39-19-14-22-43(32-39)56-49-26-10-7-23-44(49)45-24-8-11-27-50(45)56/h1-35H. The summed E-state index contributed by atoms with van der Waals surface area (Å²) >= 11 is 0. The van der Waals surface area contributed by atoms with Gasteiger partial charge in [0, 0.05) is 38.9 Å².